The van der Waals surface area contributed by atoms with Crippen LogP contribution in [0.3, 0.4) is 0 Å². The Morgan fingerprint density at radius 1 is 1.36 bits per heavy atom. The molecule has 4 rings (SSSR count). The average molecular weight is 546 g/mol. The Kier molecular flexibility index (Phi) is 6.62. The van der Waals surface area contributed by atoms with Crippen LogP contribution in [0.5, 0.6) is 0 Å². The largest absolute Gasteiger partial charge is 0.478 e. The Morgan fingerprint density at radius 2 is 2.06 bits per heavy atom. The number of Topliss-reactive ketones (excluding diaryl/α,β-unsaturated/α-hetero) is 1. The summed E-state index contributed by atoms with van der Waals surface area (Å²) < 4.78 is 33.3. The number of thiazole rings is 1. The fourth-order valence-electron chi connectivity index (χ4n) is 3.98. The molecule has 3 amide bonds. The van der Waals surface area contributed by atoms with Gasteiger partial charge < -0.3 is 31.6 Å². The second kappa shape index (κ2) is 9.26. The van der Waals surface area contributed by atoms with Crippen LogP contribution in [0.15, 0.2) is 10.5 Å². The average Bonchev–Trinajstić information content (AvgIpc) is 3.34. The third-order valence-corrected chi connectivity index (χ3v) is 7.76. The molecule has 0 aromatic carbocycles. The molecule has 196 valence electrons. The van der Waals surface area contributed by atoms with Crippen molar-refractivity contribution >= 4 is 56.2 Å². The Bertz CT molecular complexity index is 1240. The first-order valence-electron chi connectivity index (χ1n) is 10.7. The monoisotopic (exact) mass is 545 g/mol. The molecule has 0 spiro atoms. The lowest BCUT2D eigenvalue weighted by molar-refractivity contribution is -0.153. The minimum absolute atomic E-state index is 0.0108. The maximum atomic E-state index is 13.2. The molecule has 3 atom stereocenters. The zero-order valence-electron chi connectivity index (χ0n) is 18.6. The van der Waals surface area contributed by atoms with Gasteiger partial charge in [-0.25, -0.2) is 18.9 Å². The smallest absolute Gasteiger partial charge is 0.362 e. The molecule has 1 saturated carbocycles. The van der Waals surface area contributed by atoms with E-state index < -0.39 is 63.7 Å². The number of oxime groups is 1. The van der Waals surface area contributed by atoms with Crippen molar-refractivity contribution in [3.05, 3.63) is 11.1 Å². The van der Waals surface area contributed by atoms with Crippen LogP contribution in [-0.4, -0.2) is 99.0 Å². The number of carboxylic acids is 1. The first kappa shape index (κ1) is 25.7. The highest BCUT2D eigenvalue weighted by atomic mass is 32.2. The fourth-order valence-corrected chi connectivity index (χ4v) is 5.45. The Morgan fingerprint density at radius 3 is 2.56 bits per heavy atom. The van der Waals surface area contributed by atoms with E-state index in [1.807, 2.05) is 0 Å². The first-order chi connectivity index (χ1) is 16.9. The molecule has 36 heavy (non-hydrogen) atoms. The zero-order chi connectivity index (χ0) is 26.4. The van der Waals surface area contributed by atoms with Crippen molar-refractivity contribution in [1.82, 2.24) is 19.5 Å². The number of nitrogens with one attached hydrogen (secondary N) is 1. The predicted molar refractivity (Wildman–Crippen MR) is 122 cm³/mol. The topological polar surface area (TPSA) is 248 Å². The Labute approximate surface area is 208 Å². The van der Waals surface area contributed by atoms with Crippen molar-refractivity contribution in [2.75, 3.05) is 25.4 Å². The maximum Gasteiger partial charge on any atom is 0.362 e. The van der Waals surface area contributed by atoms with Gasteiger partial charge in [0.05, 0.1) is 18.0 Å². The van der Waals surface area contributed by atoms with E-state index in [2.05, 4.69) is 15.5 Å². The Hall–Kier alpha value is -3.35. The molecule has 1 unspecified atom stereocenters. The van der Waals surface area contributed by atoms with Crippen molar-refractivity contribution in [2.24, 2.45) is 16.8 Å². The summed E-state index contributed by atoms with van der Waals surface area (Å²) in [6.07, 6.45) is -0.216. The molecule has 3 fully saturated rings. The number of aliphatic carboxylic acids is 1. The summed E-state index contributed by atoms with van der Waals surface area (Å²) in [6, 6.07) is -2.17. The number of amides is 3. The van der Waals surface area contributed by atoms with Gasteiger partial charge in [0.25, 0.3) is 0 Å². The number of hydrogen-bond donors (Lipinski definition) is 5. The predicted octanol–water partition coefficient (Wildman–Crippen LogP) is -2.00. The van der Waals surface area contributed by atoms with Gasteiger partial charge >= 0.3 is 22.3 Å². The number of urea groups is 1. The molecule has 3 heterocycles. The van der Waals surface area contributed by atoms with Crippen molar-refractivity contribution in [3.8, 4) is 0 Å². The van der Waals surface area contributed by atoms with Crippen molar-refractivity contribution in [3.63, 3.8) is 0 Å². The highest BCUT2D eigenvalue weighted by Crippen LogP contribution is 2.40. The Balaban J connectivity index is 1.56. The van der Waals surface area contributed by atoms with Crippen LogP contribution in [0.1, 0.15) is 25.0 Å². The van der Waals surface area contributed by atoms with Crippen LogP contribution in [0.25, 0.3) is 0 Å². The summed E-state index contributed by atoms with van der Waals surface area (Å²) in [7, 11) is -4.97. The van der Waals surface area contributed by atoms with E-state index in [9.17, 15) is 37.3 Å². The third kappa shape index (κ3) is 4.84. The quantitative estimate of drug-likeness (QED) is 0.0877. The van der Waals surface area contributed by atoms with Crippen molar-refractivity contribution < 1.29 is 42.1 Å². The molecular formula is C18H23N7O9S2. The molecule has 1 aliphatic carbocycles. The second-order valence-electron chi connectivity index (χ2n) is 8.60. The molecular weight excluding hydrogens is 522 g/mol. The lowest BCUT2D eigenvalue weighted by atomic mass is 9.84. The zero-order valence-corrected chi connectivity index (χ0v) is 20.2. The van der Waals surface area contributed by atoms with E-state index in [-0.39, 0.29) is 53.6 Å². The number of hydrogen-bond acceptors (Lipinski definition) is 12. The molecule has 0 bridgehead atoms. The fraction of sp³-hybridized carbons (Fsp3) is 0.556. The molecule has 7 N–H and O–H groups in total. The molecule has 1 aromatic heterocycles. The van der Waals surface area contributed by atoms with Gasteiger partial charge in [-0.1, -0.05) is 5.16 Å². The number of anilines is 1. The van der Waals surface area contributed by atoms with Gasteiger partial charge in [0.15, 0.2) is 16.6 Å². The van der Waals surface area contributed by atoms with Crippen LogP contribution in [-0.2, 0) is 29.5 Å². The number of nitrogen functional groups attached to an aromatic ring is 1. The molecule has 1 aromatic rings. The van der Waals surface area contributed by atoms with E-state index in [1.54, 1.807) is 0 Å². The molecule has 16 nitrogen and oxygen atoms in total. The summed E-state index contributed by atoms with van der Waals surface area (Å²) in [5.74, 6) is -4.34. The summed E-state index contributed by atoms with van der Waals surface area (Å²) in [4.78, 5) is 59.7. The molecule has 2 aliphatic heterocycles. The number of aromatic nitrogens is 1. The van der Waals surface area contributed by atoms with Gasteiger partial charge in [-0.3, -0.25) is 14.1 Å². The highest BCUT2D eigenvalue weighted by Gasteiger charge is 2.56. The minimum atomic E-state index is -4.97. The molecule has 18 heteroatoms. The van der Waals surface area contributed by atoms with E-state index in [1.165, 1.54) is 10.3 Å². The standard InChI is InChI=1S/C18H23N7O9S2/c19-4-8-5-24(17(30)21-8)6-11-9(14(27)25(11)36(31,32)33)3-12(26)13(10-7-35-16(20)22-10)23-34-18(1-2-18)15(28)29/h7-9,11H,1-6,19H2,(H2,20,22)(H,21,30)(H,28,29)(H,31,32,33)/b23-13-/t8?,9-,11+/m0/s1. The number of carbonyl (C=O) groups is 4. The van der Waals surface area contributed by atoms with Crippen molar-refractivity contribution in [2.45, 2.75) is 36.9 Å². The molecule has 2 saturated heterocycles. The van der Waals surface area contributed by atoms with Crippen molar-refractivity contribution in [1.29, 1.82) is 0 Å². The van der Waals surface area contributed by atoms with Gasteiger partial charge in [0, 0.05) is 44.3 Å². The van der Waals surface area contributed by atoms with Crippen LogP contribution >= 0.6 is 11.3 Å². The van der Waals surface area contributed by atoms with Gasteiger partial charge in [-0.05, 0) is 0 Å². The van der Waals surface area contributed by atoms with Crippen LogP contribution < -0.4 is 16.8 Å². The third-order valence-electron chi connectivity index (χ3n) is 6.14. The normalized spacial score (nSPS) is 25.4. The SMILES string of the molecule is NCC1CN(C[C@@H]2[C@H](CC(=O)/C(=N\OC3(C(=O)O)CC3)c3csc(N)n3)C(=O)N2S(=O)(=O)O)C(=O)N1. The summed E-state index contributed by atoms with van der Waals surface area (Å²) in [5.41, 5.74) is 9.22. The van der Waals surface area contributed by atoms with Gasteiger partial charge in [-0.2, -0.15) is 8.42 Å². The molecule has 3 aliphatic rings. The maximum absolute atomic E-state index is 13.2. The van der Waals surface area contributed by atoms with E-state index >= 15 is 0 Å². The second-order valence-corrected chi connectivity index (χ2v) is 10.8. The highest BCUT2D eigenvalue weighted by molar-refractivity contribution is 7.84. The lowest BCUT2D eigenvalue weighted by Crippen LogP contribution is -2.66. The number of nitrogens with two attached hydrogens (primary N) is 2. The number of rotatable bonds is 11. The van der Waals surface area contributed by atoms with Crippen LogP contribution in [0.2, 0.25) is 0 Å². The summed E-state index contributed by atoms with van der Waals surface area (Å²) >= 11 is 0.986. The van der Waals surface area contributed by atoms with E-state index in [0.717, 1.165) is 11.3 Å². The molecule has 0 radical (unpaired) electrons. The minimum Gasteiger partial charge on any atom is -0.478 e. The lowest BCUT2D eigenvalue weighted by Gasteiger charge is -2.45. The number of carboxylic acid groups (broad SMARTS) is 1. The summed E-state index contributed by atoms with van der Waals surface area (Å²) in [5, 5.41) is 17.1. The number of nitrogens with zero attached hydrogens (tertiary/aromatic N) is 4. The van der Waals surface area contributed by atoms with Gasteiger partial charge in [0.2, 0.25) is 11.5 Å². The summed E-state index contributed by atoms with van der Waals surface area (Å²) in [6.45, 7) is -0.0271. The van der Waals surface area contributed by atoms with Gasteiger partial charge in [0.1, 0.15) is 5.69 Å². The van der Waals surface area contributed by atoms with Crippen LogP contribution in [0, 0.1) is 5.92 Å². The van der Waals surface area contributed by atoms with Crippen LogP contribution in [0.4, 0.5) is 9.93 Å². The van der Waals surface area contributed by atoms with Gasteiger partial charge in [-0.15, -0.1) is 11.3 Å². The number of β-lactam (4-membered cyclic amide) rings is 1. The van der Waals surface area contributed by atoms with E-state index in [4.69, 9.17) is 16.3 Å². The van der Waals surface area contributed by atoms with E-state index in [0.29, 0.717) is 0 Å². The number of carbonyl (C=O) groups excluding carboxylic acids is 3. The number of ketones is 1. The first-order valence-corrected chi connectivity index (χ1v) is 12.9.